The van der Waals surface area contributed by atoms with Gasteiger partial charge in [-0.15, -0.1) is 0 Å². The van der Waals surface area contributed by atoms with Crippen molar-refractivity contribution in [3.8, 4) is 11.6 Å². The molecule has 3 N–H and O–H groups in total. The number of carbonyl (C=O) groups excluding carboxylic acids is 2. The predicted octanol–water partition coefficient (Wildman–Crippen LogP) is 5.29. The molecule has 0 radical (unpaired) electrons. The van der Waals surface area contributed by atoms with Crippen LogP contribution in [0.5, 0.6) is 11.6 Å². The molecule has 2 heterocycles. The van der Waals surface area contributed by atoms with Crippen molar-refractivity contribution >= 4 is 28.4 Å². The molecule has 1 fully saturated rings. The number of anilines is 1. The third-order valence-electron chi connectivity index (χ3n) is 7.16. The van der Waals surface area contributed by atoms with Gasteiger partial charge in [0.15, 0.2) is 0 Å². The van der Waals surface area contributed by atoms with Gasteiger partial charge in [-0.2, -0.15) is 0 Å². The topological polar surface area (TPSA) is 118 Å². The minimum absolute atomic E-state index is 0.0580. The number of pyridine rings is 1. The summed E-state index contributed by atoms with van der Waals surface area (Å²) in [5.74, 6) is -2.03. The highest BCUT2D eigenvalue weighted by Crippen LogP contribution is 2.25. The molecule has 42 heavy (non-hydrogen) atoms. The maximum Gasteiger partial charge on any atom is 0.322 e. The van der Waals surface area contributed by atoms with Gasteiger partial charge in [0, 0.05) is 72.5 Å². The van der Waals surface area contributed by atoms with E-state index in [0.717, 1.165) is 55.3 Å². The summed E-state index contributed by atoms with van der Waals surface area (Å²) in [4.78, 5) is 33.8. The number of nitrogens with two attached hydrogens (primary N) is 1. The second-order valence-corrected chi connectivity index (χ2v) is 11.6. The number of nitrogens with zero attached hydrogens (tertiary/aromatic N) is 3. The van der Waals surface area contributed by atoms with Gasteiger partial charge in [-0.3, -0.25) is 13.9 Å². The number of unbranched alkanes of at least 4 members (excludes halogenated alkanes) is 1. The smallest absolute Gasteiger partial charge is 0.322 e. The van der Waals surface area contributed by atoms with Crippen molar-refractivity contribution in [3.63, 3.8) is 0 Å². The van der Waals surface area contributed by atoms with E-state index in [-0.39, 0.29) is 11.7 Å². The molecule has 3 aromatic rings. The Kier molecular flexibility index (Phi) is 10.6. The number of urea groups is 1. The number of aromatic nitrogens is 1. The first-order valence-corrected chi connectivity index (χ1v) is 15.4. The third kappa shape index (κ3) is 8.10. The zero-order valence-electron chi connectivity index (χ0n) is 23.6. The molecule has 1 aliphatic heterocycles. The quantitative estimate of drug-likeness (QED) is 0.309. The van der Waals surface area contributed by atoms with Crippen molar-refractivity contribution in [2.75, 3.05) is 31.2 Å². The summed E-state index contributed by atoms with van der Waals surface area (Å²) < 4.78 is 45.6. The van der Waals surface area contributed by atoms with Crippen molar-refractivity contribution in [1.82, 2.24) is 14.8 Å². The molecule has 9 nitrogen and oxygen atoms in total. The van der Waals surface area contributed by atoms with Gasteiger partial charge in [-0.25, -0.2) is 18.6 Å². The highest BCUT2D eigenvalue weighted by molar-refractivity contribution is 7.84. The molecule has 0 saturated carbocycles. The van der Waals surface area contributed by atoms with Crippen LogP contribution in [0.2, 0.25) is 0 Å². The van der Waals surface area contributed by atoms with E-state index in [0.29, 0.717) is 30.8 Å². The Morgan fingerprint density at radius 1 is 1.12 bits per heavy atom. The summed E-state index contributed by atoms with van der Waals surface area (Å²) in [7, 11) is -1.05. The van der Waals surface area contributed by atoms with Crippen molar-refractivity contribution in [2.45, 2.75) is 50.1 Å². The zero-order valence-corrected chi connectivity index (χ0v) is 24.5. The number of piperidine rings is 1. The predicted molar refractivity (Wildman–Crippen MR) is 157 cm³/mol. The lowest BCUT2D eigenvalue weighted by atomic mass is 10.0. The van der Waals surface area contributed by atoms with E-state index in [9.17, 15) is 22.6 Å². The molecule has 1 saturated heterocycles. The number of likely N-dealkylation sites (tertiary alicyclic amines) is 1. The average molecular weight is 600 g/mol. The van der Waals surface area contributed by atoms with Gasteiger partial charge >= 0.3 is 6.03 Å². The highest BCUT2D eigenvalue weighted by Gasteiger charge is 2.28. The molecule has 1 aromatic heterocycles. The second kappa shape index (κ2) is 14.3. The number of benzene rings is 2. The van der Waals surface area contributed by atoms with Crippen molar-refractivity contribution in [3.05, 3.63) is 77.5 Å². The van der Waals surface area contributed by atoms with E-state index in [4.69, 9.17) is 10.5 Å². The molecule has 4 rings (SSSR count). The molecule has 0 spiro atoms. The van der Waals surface area contributed by atoms with Gasteiger partial charge in [0.05, 0.1) is 11.3 Å². The Balaban J connectivity index is 1.33. The minimum Gasteiger partial charge on any atom is -0.439 e. The number of nitrogens with one attached hydrogen (secondary N) is 1. The number of hydrogen-bond acceptors (Lipinski definition) is 6. The van der Waals surface area contributed by atoms with Crippen LogP contribution in [0.1, 0.15) is 48.5 Å². The van der Waals surface area contributed by atoms with Crippen LogP contribution in [0.15, 0.2) is 59.6 Å². The molecular weight excluding hydrogens is 564 g/mol. The summed E-state index contributed by atoms with van der Waals surface area (Å²) in [5, 5.41) is 2.51. The van der Waals surface area contributed by atoms with Crippen LogP contribution in [0.25, 0.3) is 0 Å². The van der Waals surface area contributed by atoms with E-state index in [2.05, 4.69) is 15.2 Å². The standard InChI is InChI=1S/C30H35F2N5O4S/c1-3-4-13-37(30(39)35-27-16-24(29(33)38)25(31)17-26(27)32)21-11-14-36(15-12-21)19-20-5-10-28(34-18-20)41-22-6-8-23(9-7-22)42(2)40/h5-10,16-18,21H,3-4,11-15,19H2,1-2H3,(H2,33,38)(H,35,39). The molecule has 0 bridgehead atoms. The molecule has 0 aliphatic carbocycles. The lowest BCUT2D eigenvalue weighted by Crippen LogP contribution is -2.49. The lowest BCUT2D eigenvalue weighted by Gasteiger charge is -2.38. The number of amides is 3. The number of primary amides is 1. The van der Waals surface area contributed by atoms with Gasteiger partial charge in [0.2, 0.25) is 5.88 Å². The molecule has 1 aliphatic rings. The highest BCUT2D eigenvalue weighted by atomic mass is 32.2. The summed E-state index contributed by atoms with van der Waals surface area (Å²) in [6.07, 6.45) is 6.49. The lowest BCUT2D eigenvalue weighted by molar-refractivity contribution is 0.0996. The van der Waals surface area contributed by atoms with Crippen LogP contribution < -0.4 is 15.8 Å². The van der Waals surface area contributed by atoms with Crippen LogP contribution >= 0.6 is 0 Å². The number of halogens is 2. The first-order valence-electron chi connectivity index (χ1n) is 13.8. The van der Waals surface area contributed by atoms with Crippen LogP contribution in [-0.4, -0.2) is 62.9 Å². The first kappa shape index (κ1) is 31.0. The molecule has 1 unspecified atom stereocenters. The van der Waals surface area contributed by atoms with E-state index >= 15 is 0 Å². The fourth-order valence-electron chi connectivity index (χ4n) is 4.83. The molecule has 1 atom stereocenters. The number of carbonyl (C=O) groups is 2. The SMILES string of the molecule is CCCCN(C(=O)Nc1cc(C(N)=O)c(F)cc1F)C1CCN(Cc2ccc(Oc3ccc(S(C)=O)cc3)nc2)CC1. The Hall–Kier alpha value is -3.90. The van der Waals surface area contributed by atoms with E-state index < -0.39 is 39.9 Å². The summed E-state index contributed by atoms with van der Waals surface area (Å²) in [6.45, 7) is 4.70. The Labute approximate surface area is 246 Å². The van der Waals surface area contributed by atoms with Crippen LogP contribution in [0, 0.1) is 11.6 Å². The van der Waals surface area contributed by atoms with Crippen LogP contribution in [0.3, 0.4) is 0 Å². The normalized spacial score (nSPS) is 14.8. The van der Waals surface area contributed by atoms with Crippen molar-refractivity contribution in [2.24, 2.45) is 5.73 Å². The van der Waals surface area contributed by atoms with Gasteiger partial charge < -0.3 is 20.7 Å². The molecule has 3 amide bonds. The molecule has 12 heteroatoms. The zero-order chi connectivity index (χ0) is 30.2. The third-order valence-corrected chi connectivity index (χ3v) is 8.09. The Morgan fingerprint density at radius 2 is 1.83 bits per heavy atom. The van der Waals surface area contributed by atoms with Gasteiger partial charge in [0.25, 0.3) is 5.91 Å². The largest absolute Gasteiger partial charge is 0.439 e. The second-order valence-electron chi connectivity index (χ2n) is 10.2. The molecular formula is C30H35F2N5O4S. The van der Waals surface area contributed by atoms with E-state index in [1.165, 1.54) is 0 Å². The molecule has 2 aromatic carbocycles. The van der Waals surface area contributed by atoms with Gasteiger partial charge in [0.1, 0.15) is 17.4 Å². The maximum absolute atomic E-state index is 14.4. The fraction of sp³-hybridized carbons (Fsp3) is 0.367. The Morgan fingerprint density at radius 3 is 2.43 bits per heavy atom. The van der Waals surface area contributed by atoms with Crippen LogP contribution in [-0.2, 0) is 17.3 Å². The van der Waals surface area contributed by atoms with Crippen molar-refractivity contribution < 1.29 is 27.3 Å². The van der Waals surface area contributed by atoms with E-state index in [1.54, 1.807) is 41.6 Å². The number of rotatable bonds is 11. The van der Waals surface area contributed by atoms with Gasteiger partial charge in [-0.1, -0.05) is 19.4 Å². The monoisotopic (exact) mass is 599 g/mol. The number of hydrogen-bond donors (Lipinski definition) is 2. The summed E-state index contributed by atoms with van der Waals surface area (Å²) in [6, 6.07) is 11.7. The molecule has 224 valence electrons. The fourth-order valence-corrected chi connectivity index (χ4v) is 5.35. The summed E-state index contributed by atoms with van der Waals surface area (Å²) >= 11 is 0. The van der Waals surface area contributed by atoms with Gasteiger partial charge in [-0.05, 0) is 55.2 Å². The Bertz CT molecular complexity index is 1410. The maximum atomic E-state index is 14.4. The first-order chi connectivity index (χ1) is 20.1. The minimum atomic E-state index is -1.08. The van der Waals surface area contributed by atoms with Crippen molar-refractivity contribution in [1.29, 1.82) is 0 Å². The summed E-state index contributed by atoms with van der Waals surface area (Å²) in [5.41, 5.74) is 5.43. The average Bonchev–Trinajstić information content (AvgIpc) is 2.96. The van der Waals surface area contributed by atoms with E-state index in [1.807, 2.05) is 19.1 Å². The number of ether oxygens (including phenoxy) is 1. The van der Waals surface area contributed by atoms with Crippen LogP contribution in [0.4, 0.5) is 19.3 Å².